The summed E-state index contributed by atoms with van der Waals surface area (Å²) < 4.78 is 0. The fraction of sp³-hybridized carbons (Fsp3) is 0.462. The number of fused-ring (bicyclic) bond motifs is 1. The molecule has 1 aromatic rings. The van der Waals surface area contributed by atoms with Crippen LogP contribution in [0.15, 0.2) is 12.2 Å². The van der Waals surface area contributed by atoms with E-state index in [0.717, 1.165) is 18.5 Å². The van der Waals surface area contributed by atoms with E-state index < -0.39 is 0 Å². The van der Waals surface area contributed by atoms with E-state index in [9.17, 15) is 0 Å². The van der Waals surface area contributed by atoms with Crippen LogP contribution < -0.4 is 0 Å². The van der Waals surface area contributed by atoms with Gasteiger partial charge in [-0.05, 0) is 25.0 Å². The van der Waals surface area contributed by atoms with Crippen LogP contribution in [0.1, 0.15) is 42.8 Å². The lowest BCUT2D eigenvalue weighted by Gasteiger charge is -2.17. The van der Waals surface area contributed by atoms with Crippen molar-refractivity contribution >= 4 is 23.5 Å². The summed E-state index contributed by atoms with van der Waals surface area (Å²) in [7, 11) is 0. The molecule has 0 bridgehead atoms. The molecule has 1 nitrogen and oxygen atoms in total. The van der Waals surface area contributed by atoms with Gasteiger partial charge >= 0.3 is 0 Å². The molecule has 0 saturated carbocycles. The molecule has 0 fully saturated rings. The van der Waals surface area contributed by atoms with Gasteiger partial charge in [-0.2, -0.15) is 0 Å². The molecule has 1 aliphatic carbocycles. The topological polar surface area (TPSA) is 12.9 Å². The van der Waals surface area contributed by atoms with Crippen molar-refractivity contribution in [2.24, 2.45) is 5.41 Å². The Morgan fingerprint density at radius 2 is 2.00 bits per heavy atom. The van der Waals surface area contributed by atoms with Gasteiger partial charge in [-0.15, -0.1) is 11.3 Å². The van der Waals surface area contributed by atoms with Crippen molar-refractivity contribution < 1.29 is 0 Å². The van der Waals surface area contributed by atoms with Crippen LogP contribution in [0.2, 0.25) is 0 Å². The van der Waals surface area contributed by atoms with Gasteiger partial charge in [0.05, 0.1) is 15.6 Å². The maximum absolute atomic E-state index is 4.61. The Labute approximate surface area is 95.6 Å². The molecule has 0 N–H and O–H groups in total. The van der Waals surface area contributed by atoms with Crippen LogP contribution in [-0.4, -0.2) is 4.98 Å². The molecule has 80 valence electrons. The Morgan fingerprint density at radius 1 is 1.27 bits per heavy atom. The van der Waals surface area contributed by atoms with Crippen molar-refractivity contribution in [3.63, 3.8) is 0 Å². The summed E-state index contributed by atoms with van der Waals surface area (Å²) in [4.78, 5) is 5.92. The number of thiazole rings is 1. The molecule has 0 spiro atoms. The van der Waals surface area contributed by atoms with Gasteiger partial charge in [-0.25, -0.2) is 4.98 Å². The Bertz CT molecular complexity index is 381. The average Bonchev–Trinajstić information content (AvgIpc) is 2.60. The number of nitrogens with zero attached hydrogens (tertiary/aromatic N) is 1. The van der Waals surface area contributed by atoms with Crippen LogP contribution in [0.25, 0.3) is 12.2 Å². The minimum Gasteiger partial charge on any atom is -0.241 e. The van der Waals surface area contributed by atoms with E-state index in [0.29, 0.717) is 0 Å². The molecule has 15 heavy (non-hydrogen) atoms. The second-order valence-corrected chi connectivity index (χ2v) is 5.35. The van der Waals surface area contributed by atoms with Gasteiger partial charge in [-0.1, -0.05) is 32.9 Å². The van der Waals surface area contributed by atoms with E-state index in [1.165, 1.54) is 9.88 Å². The zero-order chi connectivity index (χ0) is 10.9. The molecule has 0 saturated heterocycles. The summed E-state index contributed by atoms with van der Waals surface area (Å²) in [5.74, 6) is 0. The van der Waals surface area contributed by atoms with E-state index in [2.05, 4.69) is 50.1 Å². The van der Waals surface area contributed by atoms with Crippen molar-refractivity contribution in [3.05, 3.63) is 27.7 Å². The number of rotatable bonds is 2. The van der Waals surface area contributed by atoms with E-state index in [-0.39, 0.29) is 5.41 Å². The first-order chi connectivity index (χ1) is 7.17. The molecular formula is C13H17NS. The monoisotopic (exact) mass is 219 g/mol. The highest BCUT2D eigenvalue weighted by Gasteiger charge is 2.18. The molecule has 0 aromatic carbocycles. The number of aromatic nitrogens is 1. The van der Waals surface area contributed by atoms with Crippen LogP contribution in [0.3, 0.4) is 0 Å². The average molecular weight is 219 g/mol. The molecule has 1 atom stereocenters. The van der Waals surface area contributed by atoms with Crippen LogP contribution in [-0.2, 0) is 6.42 Å². The first-order valence-electron chi connectivity index (χ1n) is 5.55. The van der Waals surface area contributed by atoms with Crippen LogP contribution in [0.5, 0.6) is 0 Å². The Hall–Kier alpha value is -0.890. The normalized spacial score (nSPS) is 23.9. The number of hydrogen-bond acceptors (Lipinski definition) is 2. The van der Waals surface area contributed by atoms with Gasteiger partial charge in [0.25, 0.3) is 0 Å². The molecule has 0 aliphatic heterocycles. The lowest BCUT2D eigenvalue weighted by atomic mass is 9.87. The summed E-state index contributed by atoms with van der Waals surface area (Å²) in [6, 6.07) is 0. The van der Waals surface area contributed by atoms with Gasteiger partial charge in [0.1, 0.15) is 0 Å². The SMILES string of the molecule is CCc1nc2c(s1)C=CC(C)(CC)C=C2. The zero-order valence-corrected chi connectivity index (χ0v) is 10.4. The van der Waals surface area contributed by atoms with Crippen LogP contribution >= 0.6 is 11.3 Å². The molecule has 1 unspecified atom stereocenters. The summed E-state index contributed by atoms with van der Waals surface area (Å²) >= 11 is 1.81. The molecule has 2 rings (SSSR count). The molecule has 1 aliphatic rings. The predicted molar refractivity (Wildman–Crippen MR) is 68.0 cm³/mol. The summed E-state index contributed by atoms with van der Waals surface area (Å²) in [5.41, 5.74) is 1.34. The van der Waals surface area contributed by atoms with Gasteiger partial charge in [0.15, 0.2) is 0 Å². The highest BCUT2D eigenvalue weighted by Crippen LogP contribution is 2.33. The third kappa shape index (κ3) is 2.05. The maximum atomic E-state index is 4.61. The van der Waals surface area contributed by atoms with Crippen molar-refractivity contribution in [2.75, 3.05) is 0 Å². The summed E-state index contributed by atoms with van der Waals surface area (Å²) in [6.45, 7) is 6.64. The Kier molecular flexibility index (Phi) is 2.79. The molecule has 0 radical (unpaired) electrons. The maximum Gasteiger partial charge on any atom is 0.0935 e. The van der Waals surface area contributed by atoms with Gasteiger partial charge < -0.3 is 0 Å². The molecule has 1 heterocycles. The fourth-order valence-electron chi connectivity index (χ4n) is 1.61. The molecule has 0 amide bonds. The van der Waals surface area contributed by atoms with Crippen molar-refractivity contribution in [2.45, 2.75) is 33.6 Å². The Morgan fingerprint density at radius 3 is 2.67 bits per heavy atom. The largest absolute Gasteiger partial charge is 0.241 e. The highest BCUT2D eigenvalue weighted by atomic mass is 32.1. The van der Waals surface area contributed by atoms with E-state index in [1.54, 1.807) is 0 Å². The fourth-order valence-corrected chi connectivity index (χ4v) is 2.50. The highest BCUT2D eigenvalue weighted by molar-refractivity contribution is 7.12. The van der Waals surface area contributed by atoms with Crippen molar-refractivity contribution in [3.8, 4) is 0 Å². The summed E-state index contributed by atoms with van der Waals surface area (Å²) in [5, 5.41) is 1.23. The molecular weight excluding hydrogens is 202 g/mol. The third-order valence-corrected chi connectivity index (χ3v) is 4.21. The van der Waals surface area contributed by atoms with E-state index >= 15 is 0 Å². The van der Waals surface area contributed by atoms with Crippen LogP contribution in [0.4, 0.5) is 0 Å². The molecule has 1 aromatic heterocycles. The molecule has 2 heteroatoms. The standard InChI is InChI=1S/C13H17NS/c1-4-12-14-10-6-8-13(3,5-2)9-7-11(10)15-12/h6-9H,4-5H2,1-3H3. The quantitative estimate of drug-likeness (QED) is 0.727. The van der Waals surface area contributed by atoms with Crippen molar-refractivity contribution in [1.82, 2.24) is 4.98 Å². The van der Waals surface area contributed by atoms with E-state index in [1.807, 2.05) is 11.3 Å². The smallest absolute Gasteiger partial charge is 0.0935 e. The van der Waals surface area contributed by atoms with Gasteiger partial charge in [-0.3, -0.25) is 0 Å². The van der Waals surface area contributed by atoms with Gasteiger partial charge in [0, 0.05) is 5.41 Å². The third-order valence-electron chi connectivity index (χ3n) is 3.03. The van der Waals surface area contributed by atoms with E-state index in [4.69, 9.17) is 0 Å². The number of allylic oxidation sites excluding steroid dienone is 2. The second-order valence-electron chi connectivity index (χ2n) is 4.24. The summed E-state index contributed by atoms with van der Waals surface area (Å²) in [6.07, 6.45) is 11.1. The second kappa shape index (κ2) is 3.93. The van der Waals surface area contributed by atoms with Crippen LogP contribution in [0, 0.1) is 5.41 Å². The Balaban J connectivity index is 2.39. The predicted octanol–water partition coefficient (Wildman–Crippen LogP) is 4.16. The number of aryl methyl sites for hydroxylation is 1. The minimum absolute atomic E-state index is 0.201. The lowest BCUT2D eigenvalue weighted by molar-refractivity contribution is 0.536. The zero-order valence-electron chi connectivity index (χ0n) is 9.58. The van der Waals surface area contributed by atoms with Crippen molar-refractivity contribution in [1.29, 1.82) is 0 Å². The first-order valence-corrected chi connectivity index (χ1v) is 6.36. The lowest BCUT2D eigenvalue weighted by Crippen LogP contribution is -2.05. The number of hydrogen-bond donors (Lipinski definition) is 0. The first kappa shape index (κ1) is 10.6. The minimum atomic E-state index is 0.201. The van der Waals surface area contributed by atoms with Gasteiger partial charge in [0.2, 0.25) is 0 Å².